The van der Waals surface area contributed by atoms with Gasteiger partial charge in [-0.3, -0.25) is 14.4 Å². The van der Waals surface area contributed by atoms with Crippen molar-refractivity contribution in [1.82, 2.24) is 4.90 Å². The molecule has 16 heavy (non-hydrogen) atoms. The van der Waals surface area contributed by atoms with Crippen LogP contribution in [0.5, 0.6) is 0 Å². The second kappa shape index (κ2) is 4.51. The fourth-order valence-corrected chi connectivity index (χ4v) is 1.64. The zero-order valence-corrected chi connectivity index (χ0v) is 9.34. The molecule has 2 unspecified atom stereocenters. The number of amides is 2. The summed E-state index contributed by atoms with van der Waals surface area (Å²) >= 11 is 0. The van der Waals surface area contributed by atoms with E-state index >= 15 is 0 Å². The van der Waals surface area contributed by atoms with Gasteiger partial charge in [-0.25, -0.2) is 0 Å². The number of nitrogens with zero attached hydrogens (tertiary/aromatic N) is 1. The van der Waals surface area contributed by atoms with Crippen LogP contribution in [0.25, 0.3) is 0 Å². The number of rotatable bonds is 5. The van der Waals surface area contributed by atoms with Gasteiger partial charge in [0.1, 0.15) is 0 Å². The topological polar surface area (TPSA) is 101 Å². The minimum absolute atomic E-state index is 0.153. The van der Waals surface area contributed by atoms with Crippen LogP contribution in [0.4, 0.5) is 0 Å². The maximum Gasteiger partial charge on any atom is 0.307 e. The number of carbonyl (C=O) groups is 3. The molecule has 0 saturated heterocycles. The first kappa shape index (κ1) is 12.5. The van der Waals surface area contributed by atoms with Crippen molar-refractivity contribution in [1.29, 1.82) is 0 Å². The van der Waals surface area contributed by atoms with Crippen molar-refractivity contribution in [2.45, 2.75) is 26.3 Å². The van der Waals surface area contributed by atoms with E-state index in [-0.39, 0.29) is 18.5 Å². The molecule has 0 radical (unpaired) electrons. The third-order valence-electron chi connectivity index (χ3n) is 2.66. The monoisotopic (exact) mass is 228 g/mol. The molecule has 0 aliphatic heterocycles. The summed E-state index contributed by atoms with van der Waals surface area (Å²) in [6.45, 7) is 3.37. The summed E-state index contributed by atoms with van der Waals surface area (Å²) in [4.78, 5) is 34.6. The summed E-state index contributed by atoms with van der Waals surface area (Å²) in [5, 5.41) is 8.71. The molecule has 0 aromatic rings. The average molecular weight is 228 g/mol. The van der Waals surface area contributed by atoms with Gasteiger partial charge < -0.3 is 15.7 Å². The molecule has 0 bridgehead atoms. The lowest BCUT2D eigenvalue weighted by molar-refractivity contribution is -0.143. The van der Waals surface area contributed by atoms with Gasteiger partial charge in [0.2, 0.25) is 11.8 Å². The third-order valence-corrected chi connectivity index (χ3v) is 2.66. The summed E-state index contributed by atoms with van der Waals surface area (Å²) in [7, 11) is 0. The van der Waals surface area contributed by atoms with Crippen LogP contribution in [-0.2, 0) is 14.4 Å². The van der Waals surface area contributed by atoms with E-state index < -0.39 is 23.7 Å². The van der Waals surface area contributed by atoms with Gasteiger partial charge in [-0.1, -0.05) is 0 Å². The van der Waals surface area contributed by atoms with Crippen LogP contribution in [0.1, 0.15) is 20.3 Å². The highest BCUT2D eigenvalue weighted by atomic mass is 16.4. The Hall–Kier alpha value is -1.59. The molecule has 0 aromatic carbocycles. The van der Waals surface area contributed by atoms with Gasteiger partial charge >= 0.3 is 5.97 Å². The summed E-state index contributed by atoms with van der Waals surface area (Å²) in [6.07, 6.45) is 0.357. The molecule has 3 N–H and O–H groups in total. The van der Waals surface area contributed by atoms with Gasteiger partial charge in [-0.15, -0.1) is 0 Å². The number of hydrogen-bond donors (Lipinski definition) is 2. The summed E-state index contributed by atoms with van der Waals surface area (Å²) < 4.78 is 0. The van der Waals surface area contributed by atoms with Crippen LogP contribution in [-0.4, -0.2) is 40.4 Å². The van der Waals surface area contributed by atoms with Gasteiger partial charge in [0, 0.05) is 6.04 Å². The standard InChI is InChI=1S/C10H16N2O4/c1-5(2)12(4-8(11)13)9(14)6-3-7(6)10(15)16/h5-7H,3-4H2,1-2H3,(H2,11,13)(H,15,16). The Labute approximate surface area is 93.4 Å². The van der Waals surface area contributed by atoms with Crippen LogP contribution in [0.15, 0.2) is 0 Å². The molecule has 1 aliphatic rings. The van der Waals surface area contributed by atoms with E-state index in [0.717, 1.165) is 0 Å². The molecule has 0 spiro atoms. The van der Waals surface area contributed by atoms with Crippen LogP contribution in [0.2, 0.25) is 0 Å². The van der Waals surface area contributed by atoms with Crippen molar-refractivity contribution in [3.05, 3.63) is 0 Å². The maximum absolute atomic E-state index is 11.9. The highest BCUT2D eigenvalue weighted by Crippen LogP contribution is 2.40. The number of nitrogens with two attached hydrogens (primary N) is 1. The third kappa shape index (κ3) is 2.71. The van der Waals surface area contributed by atoms with Crippen molar-refractivity contribution < 1.29 is 19.5 Å². The Morgan fingerprint density at radius 1 is 1.38 bits per heavy atom. The Morgan fingerprint density at radius 3 is 2.25 bits per heavy atom. The Morgan fingerprint density at radius 2 is 1.94 bits per heavy atom. The molecule has 1 fully saturated rings. The fourth-order valence-electron chi connectivity index (χ4n) is 1.64. The first-order chi connectivity index (χ1) is 7.34. The van der Waals surface area contributed by atoms with E-state index in [4.69, 9.17) is 10.8 Å². The minimum Gasteiger partial charge on any atom is -0.481 e. The number of carboxylic acids is 1. The average Bonchev–Trinajstić information content (AvgIpc) is 2.91. The Bertz CT molecular complexity index is 327. The molecule has 90 valence electrons. The lowest BCUT2D eigenvalue weighted by atomic mass is 10.2. The molecule has 1 saturated carbocycles. The van der Waals surface area contributed by atoms with Gasteiger partial charge in [-0.2, -0.15) is 0 Å². The predicted octanol–water partition coefficient (Wildman–Crippen LogP) is -0.571. The molecule has 6 heteroatoms. The van der Waals surface area contributed by atoms with E-state index in [9.17, 15) is 14.4 Å². The smallest absolute Gasteiger partial charge is 0.307 e. The summed E-state index contributed by atoms with van der Waals surface area (Å²) in [6, 6.07) is -0.157. The van der Waals surface area contributed by atoms with Crippen molar-refractivity contribution in [3.8, 4) is 0 Å². The second-order valence-electron chi connectivity index (χ2n) is 4.31. The zero-order valence-electron chi connectivity index (χ0n) is 9.34. The lowest BCUT2D eigenvalue weighted by Crippen LogP contribution is -2.43. The quantitative estimate of drug-likeness (QED) is 0.658. The predicted molar refractivity (Wildman–Crippen MR) is 55.3 cm³/mol. The van der Waals surface area contributed by atoms with E-state index in [1.807, 2.05) is 0 Å². The maximum atomic E-state index is 11.9. The molecule has 1 rings (SSSR count). The molecular weight excluding hydrogens is 212 g/mol. The molecule has 2 atom stereocenters. The van der Waals surface area contributed by atoms with Crippen molar-refractivity contribution in [2.24, 2.45) is 17.6 Å². The van der Waals surface area contributed by atoms with Gasteiger partial charge in [0.25, 0.3) is 0 Å². The van der Waals surface area contributed by atoms with E-state index in [0.29, 0.717) is 6.42 Å². The van der Waals surface area contributed by atoms with E-state index in [1.54, 1.807) is 13.8 Å². The first-order valence-corrected chi connectivity index (χ1v) is 5.16. The molecule has 0 heterocycles. The van der Waals surface area contributed by atoms with Crippen molar-refractivity contribution in [2.75, 3.05) is 6.54 Å². The van der Waals surface area contributed by atoms with Gasteiger partial charge in [-0.05, 0) is 20.3 Å². The normalized spacial score (nSPS) is 22.9. The van der Waals surface area contributed by atoms with Gasteiger partial charge in [0.15, 0.2) is 0 Å². The molecular formula is C10H16N2O4. The number of carboxylic acid groups (broad SMARTS) is 1. The number of primary amides is 1. The fraction of sp³-hybridized carbons (Fsp3) is 0.700. The SMILES string of the molecule is CC(C)N(CC(N)=O)C(=O)C1CC1C(=O)O. The zero-order chi connectivity index (χ0) is 12.5. The molecule has 1 aliphatic carbocycles. The van der Waals surface area contributed by atoms with Crippen LogP contribution < -0.4 is 5.73 Å². The largest absolute Gasteiger partial charge is 0.481 e. The second-order valence-corrected chi connectivity index (χ2v) is 4.31. The number of carbonyl (C=O) groups excluding carboxylic acids is 2. The van der Waals surface area contributed by atoms with E-state index in [2.05, 4.69) is 0 Å². The summed E-state index contributed by atoms with van der Waals surface area (Å²) in [5.41, 5.74) is 5.03. The van der Waals surface area contributed by atoms with Crippen molar-refractivity contribution >= 4 is 17.8 Å². The van der Waals surface area contributed by atoms with Crippen LogP contribution in [0, 0.1) is 11.8 Å². The molecule has 0 aromatic heterocycles. The highest BCUT2D eigenvalue weighted by molar-refractivity contribution is 5.91. The molecule has 2 amide bonds. The van der Waals surface area contributed by atoms with Gasteiger partial charge in [0.05, 0.1) is 18.4 Å². The van der Waals surface area contributed by atoms with Crippen LogP contribution in [0.3, 0.4) is 0 Å². The highest BCUT2D eigenvalue weighted by Gasteiger charge is 2.50. The number of hydrogen-bond acceptors (Lipinski definition) is 3. The molecule has 6 nitrogen and oxygen atoms in total. The Kier molecular flexibility index (Phi) is 3.51. The minimum atomic E-state index is -0.957. The van der Waals surface area contributed by atoms with Crippen LogP contribution >= 0.6 is 0 Å². The number of aliphatic carboxylic acids is 1. The first-order valence-electron chi connectivity index (χ1n) is 5.16. The van der Waals surface area contributed by atoms with E-state index in [1.165, 1.54) is 4.90 Å². The van der Waals surface area contributed by atoms with Crippen molar-refractivity contribution in [3.63, 3.8) is 0 Å². The lowest BCUT2D eigenvalue weighted by Gasteiger charge is -2.25. The Balaban J connectivity index is 2.63. The summed E-state index contributed by atoms with van der Waals surface area (Å²) in [5.74, 6) is -2.92.